The quantitative estimate of drug-likeness (QED) is 0.781. The van der Waals surface area contributed by atoms with Gasteiger partial charge in [-0.05, 0) is 35.6 Å². The van der Waals surface area contributed by atoms with Crippen molar-refractivity contribution in [3.8, 4) is 0 Å². The molecule has 1 nitrogen and oxygen atoms in total. The average molecular weight is 237 g/mol. The van der Waals surface area contributed by atoms with E-state index in [1.54, 1.807) is 11.3 Å². The van der Waals surface area contributed by atoms with E-state index < -0.39 is 0 Å². The van der Waals surface area contributed by atoms with Crippen LogP contribution in [0.3, 0.4) is 0 Å². The Morgan fingerprint density at radius 3 is 2.62 bits per heavy atom. The predicted octanol–water partition coefficient (Wildman–Crippen LogP) is 4.76. The third-order valence-corrected chi connectivity index (χ3v) is 4.43. The molecule has 1 fully saturated rings. The first kappa shape index (κ1) is 12.0. The second kappa shape index (κ2) is 4.79. The molecule has 0 aromatic carbocycles. The minimum Gasteiger partial charge on any atom is -0.381 e. The Hall–Kier alpha value is -0.500. The fourth-order valence-corrected chi connectivity index (χ4v) is 3.50. The van der Waals surface area contributed by atoms with E-state index in [9.17, 15) is 0 Å². The highest BCUT2D eigenvalue weighted by Gasteiger charge is 2.33. The van der Waals surface area contributed by atoms with Crippen LogP contribution >= 0.6 is 11.3 Å². The lowest BCUT2D eigenvalue weighted by atomic mass is 9.69. The van der Waals surface area contributed by atoms with E-state index >= 15 is 0 Å². The Morgan fingerprint density at radius 2 is 2.00 bits per heavy atom. The van der Waals surface area contributed by atoms with Crippen LogP contribution in [0.15, 0.2) is 16.8 Å². The lowest BCUT2D eigenvalue weighted by molar-refractivity contribution is 0.163. The summed E-state index contributed by atoms with van der Waals surface area (Å²) in [5.74, 6) is 0.807. The first-order chi connectivity index (χ1) is 7.57. The van der Waals surface area contributed by atoms with Crippen LogP contribution in [0, 0.1) is 11.3 Å². The molecule has 0 radical (unpaired) electrons. The van der Waals surface area contributed by atoms with Crippen molar-refractivity contribution in [1.29, 1.82) is 0 Å². The first-order valence-electron chi connectivity index (χ1n) is 6.36. The Balaban J connectivity index is 2.05. The molecule has 1 aliphatic carbocycles. The van der Waals surface area contributed by atoms with Gasteiger partial charge >= 0.3 is 0 Å². The van der Waals surface area contributed by atoms with E-state index in [0.29, 0.717) is 11.5 Å². The maximum absolute atomic E-state index is 3.73. The molecule has 2 rings (SSSR count). The highest BCUT2D eigenvalue weighted by molar-refractivity contribution is 7.08. The molecule has 1 N–H and O–H groups in total. The van der Waals surface area contributed by atoms with Crippen molar-refractivity contribution in [3.63, 3.8) is 0 Å². The van der Waals surface area contributed by atoms with E-state index in [1.807, 2.05) is 0 Å². The van der Waals surface area contributed by atoms with Gasteiger partial charge < -0.3 is 5.32 Å². The van der Waals surface area contributed by atoms with Gasteiger partial charge in [-0.2, -0.15) is 11.3 Å². The molecule has 2 heteroatoms. The maximum atomic E-state index is 3.73. The fraction of sp³-hybridized carbons (Fsp3) is 0.714. The van der Waals surface area contributed by atoms with Crippen molar-refractivity contribution in [2.24, 2.45) is 11.3 Å². The van der Waals surface area contributed by atoms with Gasteiger partial charge in [0.1, 0.15) is 0 Å². The minimum atomic E-state index is 0.425. The highest BCUT2D eigenvalue weighted by Crippen LogP contribution is 2.39. The highest BCUT2D eigenvalue weighted by atomic mass is 32.1. The summed E-state index contributed by atoms with van der Waals surface area (Å²) in [7, 11) is 0. The SMILES string of the molecule is CC(C)(C)C1CCCCC1Nc1ccsc1. The molecule has 0 bridgehead atoms. The minimum absolute atomic E-state index is 0.425. The summed E-state index contributed by atoms with van der Waals surface area (Å²) >= 11 is 1.77. The van der Waals surface area contributed by atoms with Crippen molar-refractivity contribution < 1.29 is 0 Å². The number of hydrogen-bond donors (Lipinski definition) is 1. The molecule has 0 spiro atoms. The van der Waals surface area contributed by atoms with Gasteiger partial charge in [-0.1, -0.05) is 33.6 Å². The van der Waals surface area contributed by atoms with Crippen LogP contribution < -0.4 is 5.32 Å². The monoisotopic (exact) mass is 237 g/mol. The molecule has 1 aromatic rings. The third kappa shape index (κ3) is 2.79. The van der Waals surface area contributed by atoms with Gasteiger partial charge in [0.25, 0.3) is 0 Å². The van der Waals surface area contributed by atoms with Gasteiger partial charge in [-0.3, -0.25) is 0 Å². The summed E-state index contributed by atoms with van der Waals surface area (Å²) in [5, 5.41) is 8.09. The Morgan fingerprint density at radius 1 is 1.25 bits per heavy atom. The lowest BCUT2D eigenvalue weighted by Crippen LogP contribution is -2.39. The van der Waals surface area contributed by atoms with Crippen LogP contribution in [0.1, 0.15) is 46.5 Å². The number of nitrogens with one attached hydrogen (secondary N) is 1. The molecule has 16 heavy (non-hydrogen) atoms. The van der Waals surface area contributed by atoms with E-state index in [4.69, 9.17) is 0 Å². The van der Waals surface area contributed by atoms with Crippen LogP contribution in [0.25, 0.3) is 0 Å². The third-order valence-electron chi connectivity index (χ3n) is 3.75. The van der Waals surface area contributed by atoms with Crippen molar-refractivity contribution in [3.05, 3.63) is 16.8 Å². The summed E-state index contributed by atoms with van der Waals surface area (Å²) < 4.78 is 0. The molecule has 0 saturated heterocycles. The van der Waals surface area contributed by atoms with E-state index in [1.165, 1.54) is 31.4 Å². The molecular weight excluding hydrogens is 214 g/mol. The van der Waals surface area contributed by atoms with Crippen LogP contribution in [-0.4, -0.2) is 6.04 Å². The molecule has 2 unspecified atom stereocenters. The van der Waals surface area contributed by atoms with Crippen molar-refractivity contribution in [1.82, 2.24) is 0 Å². The summed E-state index contributed by atoms with van der Waals surface area (Å²) in [6.07, 6.45) is 5.50. The van der Waals surface area contributed by atoms with Gasteiger partial charge in [0, 0.05) is 17.1 Å². The van der Waals surface area contributed by atoms with E-state index in [0.717, 1.165) is 5.92 Å². The van der Waals surface area contributed by atoms with Gasteiger partial charge in [-0.25, -0.2) is 0 Å². The molecule has 1 heterocycles. The van der Waals surface area contributed by atoms with Crippen molar-refractivity contribution >= 4 is 17.0 Å². The van der Waals surface area contributed by atoms with Gasteiger partial charge in [0.2, 0.25) is 0 Å². The Bertz CT molecular complexity index is 310. The average Bonchev–Trinajstić information content (AvgIpc) is 2.70. The smallest absolute Gasteiger partial charge is 0.0451 e. The lowest BCUT2D eigenvalue weighted by Gasteiger charge is -2.41. The van der Waals surface area contributed by atoms with E-state index in [-0.39, 0.29) is 0 Å². The second-order valence-electron chi connectivity index (χ2n) is 6.02. The van der Waals surface area contributed by atoms with Gasteiger partial charge in [0.05, 0.1) is 0 Å². The summed E-state index contributed by atoms with van der Waals surface area (Å²) in [6.45, 7) is 7.14. The zero-order valence-electron chi connectivity index (χ0n) is 10.6. The Kier molecular flexibility index (Phi) is 3.58. The van der Waals surface area contributed by atoms with Crippen LogP contribution in [0.2, 0.25) is 0 Å². The zero-order chi connectivity index (χ0) is 11.6. The molecule has 90 valence electrons. The van der Waals surface area contributed by atoms with Gasteiger partial charge in [0.15, 0.2) is 0 Å². The van der Waals surface area contributed by atoms with Crippen LogP contribution in [0.5, 0.6) is 0 Å². The maximum Gasteiger partial charge on any atom is 0.0451 e. The van der Waals surface area contributed by atoms with E-state index in [2.05, 4.69) is 42.9 Å². The molecule has 2 atom stereocenters. The largest absolute Gasteiger partial charge is 0.381 e. The molecule has 0 aliphatic heterocycles. The molecule has 0 amide bonds. The number of thiophene rings is 1. The zero-order valence-corrected chi connectivity index (χ0v) is 11.4. The number of rotatable bonds is 2. The molecule has 1 aliphatic rings. The van der Waals surface area contributed by atoms with Gasteiger partial charge in [-0.15, -0.1) is 0 Å². The second-order valence-corrected chi connectivity index (χ2v) is 6.80. The summed E-state index contributed by atoms with van der Waals surface area (Å²) in [4.78, 5) is 0. The van der Waals surface area contributed by atoms with Crippen LogP contribution in [-0.2, 0) is 0 Å². The van der Waals surface area contributed by atoms with Crippen molar-refractivity contribution in [2.45, 2.75) is 52.5 Å². The summed E-state index contributed by atoms with van der Waals surface area (Å²) in [5.41, 5.74) is 1.74. The van der Waals surface area contributed by atoms with Crippen molar-refractivity contribution in [2.75, 3.05) is 5.32 Å². The normalized spacial score (nSPS) is 26.7. The molecule has 1 saturated carbocycles. The standard InChI is InChI=1S/C14H23NS/c1-14(2,3)12-6-4-5-7-13(12)15-11-8-9-16-10-11/h8-10,12-13,15H,4-7H2,1-3H3. The molecular formula is C14H23NS. The predicted molar refractivity (Wildman–Crippen MR) is 73.1 cm³/mol. The Labute approximate surface area is 103 Å². The summed E-state index contributed by atoms with van der Waals surface area (Å²) in [6, 6.07) is 2.86. The number of anilines is 1. The number of hydrogen-bond acceptors (Lipinski definition) is 2. The fourth-order valence-electron chi connectivity index (χ4n) is 2.90. The molecule has 1 aromatic heterocycles. The van der Waals surface area contributed by atoms with Crippen LogP contribution in [0.4, 0.5) is 5.69 Å². The first-order valence-corrected chi connectivity index (χ1v) is 7.30. The topological polar surface area (TPSA) is 12.0 Å².